The van der Waals surface area contributed by atoms with Crippen LogP contribution in [0.3, 0.4) is 0 Å². The SMILES string of the molecule is CC(C)(C)OC(=O)N(C1CCCC1)C(C=O)C1CCCC1. The molecule has 0 aliphatic heterocycles. The molecule has 0 aromatic carbocycles. The second-order valence-electron chi connectivity index (χ2n) is 7.50. The zero-order valence-electron chi connectivity index (χ0n) is 13.6. The molecule has 2 aliphatic carbocycles. The highest BCUT2D eigenvalue weighted by Gasteiger charge is 2.39. The van der Waals surface area contributed by atoms with E-state index in [-0.39, 0.29) is 18.2 Å². The monoisotopic (exact) mass is 295 g/mol. The average molecular weight is 295 g/mol. The second-order valence-corrected chi connectivity index (χ2v) is 7.50. The lowest BCUT2D eigenvalue weighted by molar-refractivity contribution is -0.115. The van der Waals surface area contributed by atoms with Gasteiger partial charge in [-0.2, -0.15) is 0 Å². The van der Waals surface area contributed by atoms with Gasteiger partial charge in [0.1, 0.15) is 11.9 Å². The highest BCUT2D eigenvalue weighted by atomic mass is 16.6. The first kappa shape index (κ1) is 16.3. The third-order valence-corrected chi connectivity index (χ3v) is 4.67. The molecule has 0 aromatic heterocycles. The molecule has 120 valence electrons. The lowest BCUT2D eigenvalue weighted by Gasteiger charge is -2.37. The summed E-state index contributed by atoms with van der Waals surface area (Å²) in [6, 6.07) is -0.124. The molecule has 0 aromatic rings. The van der Waals surface area contributed by atoms with Gasteiger partial charge in [0.05, 0.1) is 6.04 Å². The Morgan fingerprint density at radius 3 is 2.10 bits per heavy atom. The van der Waals surface area contributed by atoms with E-state index in [0.29, 0.717) is 5.92 Å². The number of nitrogens with zero attached hydrogens (tertiary/aromatic N) is 1. The topological polar surface area (TPSA) is 46.6 Å². The zero-order valence-corrected chi connectivity index (χ0v) is 13.6. The molecule has 2 rings (SSSR count). The summed E-state index contributed by atoms with van der Waals surface area (Å²) in [5.41, 5.74) is -0.517. The van der Waals surface area contributed by atoms with E-state index in [1.54, 1.807) is 4.90 Å². The Labute approximate surface area is 128 Å². The van der Waals surface area contributed by atoms with E-state index in [2.05, 4.69) is 0 Å². The van der Waals surface area contributed by atoms with Gasteiger partial charge < -0.3 is 9.53 Å². The number of carbonyl (C=O) groups is 2. The Bertz CT molecular complexity index is 363. The van der Waals surface area contributed by atoms with Crippen LogP contribution in [-0.4, -0.2) is 35.0 Å². The van der Waals surface area contributed by atoms with Gasteiger partial charge in [0, 0.05) is 6.04 Å². The molecule has 2 fully saturated rings. The van der Waals surface area contributed by atoms with Crippen LogP contribution >= 0.6 is 0 Å². The molecule has 1 unspecified atom stereocenters. The number of hydrogen-bond donors (Lipinski definition) is 0. The summed E-state index contributed by atoms with van der Waals surface area (Å²) < 4.78 is 5.58. The predicted octanol–water partition coefficient (Wildman–Crippen LogP) is 3.92. The number of rotatable bonds is 4. The van der Waals surface area contributed by atoms with Crippen molar-refractivity contribution in [1.29, 1.82) is 0 Å². The number of carbonyl (C=O) groups excluding carboxylic acids is 2. The Kier molecular flexibility index (Phi) is 5.28. The molecule has 0 bridgehead atoms. The quantitative estimate of drug-likeness (QED) is 0.738. The Balaban J connectivity index is 2.17. The molecule has 1 atom stereocenters. The van der Waals surface area contributed by atoms with Gasteiger partial charge in [0.15, 0.2) is 0 Å². The van der Waals surface area contributed by atoms with Gasteiger partial charge >= 0.3 is 6.09 Å². The van der Waals surface area contributed by atoms with Gasteiger partial charge in [-0.1, -0.05) is 25.7 Å². The van der Waals surface area contributed by atoms with Crippen LogP contribution in [0.25, 0.3) is 0 Å². The number of aldehydes is 1. The summed E-state index contributed by atoms with van der Waals surface area (Å²) in [7, 11) is 0. The van der Waals surface area contributed by atoms with Crippen molar-refractivity contribution in [2.45, 2.75) is 89.8 Å². The first-order valence-corrected chi connectivity index (χ1v) is 8.39. The van der Waals surface area contributed by atoms with E-state index in [1.165, 1.54) is 12.8 Å². The lowest BCUT2D eigenvalue weighted by atomic mass is 9.96. The van der Waals surface area contributed by atoms with Crippen molar-refractivity contribution in [3.63, 3.8) is 0 Å². The second kappa shape index (κ2) is 6.80. The van der Waals surface area contributed by atoms with Gasteiger partial charge in [-0.15, -0.1) is 0 Å². The maximum absolute atomic E-state index is 12.6. The van der Waals surface area contributed by atoms with Crippen molar-refractivity contribution in [3.05, 3.63) is 0 Å². The third-order valence-electron chi connectivity index (χ3n) is 4.67. The summed E-state index contributed by atoms with van der Waals surface area (Å²) in [4.78, 5) is 26.1. The van der Waals surface area contributed by atoms with Crippen LogP contribution in [0.5, 0.6) is 0 Å². The Morgan fingerprint density at radius 2 is 1.62 bits per heavy atom. The van der Waals surface area contributed by atoms with Crippen molar-refractivity contribution in [2.75, 3.05) is 0 Å². The van der Waals surface area contributed by atoms with Crippen LogP contribution in [0.2, 0.25) is 0 Å². The van der Waals surface area contributed by atoms with Crippen LogP contribution < -0.4 is 0 Å². The van der Waals surface area contributed by atoms with Crippen LogP contribution in [-0.2, 0) is 9.53 Å². The van der Waals surface area contributed by atoms with Crippen LogP contribution in [0.4, 0.5) is 4.79 Å². The van der Waals surface area contributed by atoms with Crippen molar-refractivity contribution >= 4 is 12.4 Å². The molecule has 4 heteroatoms. The smallest absolute Gasteiger partial charge is 0.411 e. The van der Waals surface area contributed by atoms with E-state index in [0.717, 1.165) is 44.8 Å². The maximum atomic E-state index is 12.6. The molecule has 0 N–H and O–H groups in total. The largest absolute Gasteiger partial charge is 0.444 e. The first-order chi connectivity index (χ1) is 9.92. The molecular formula is C17H29NO3. The van der Waals surface area contributed by atoms with Gasteiger partial charge in [0.2, 0.25) is 0 Å². The minimum atomic E-state index is -0.517. The van der Waals surface area contributed by atoms with E-state index in [4.69, 9.17) is 4.74 Å². The minimum absolute atomic E-state index is 0.177. The molecule has 2 aliphatic rings. The summed E-state index contributed by atoms with van der Waals surface area (Å²) in [5, 5.41) is 0. The molecule has 0 saturated heterocycles. The molecule has 4 nitrogen and oxygen atoms in total. The summed E-state index contributed by atoms with van der Waals surface area (Å²) >= 11 is 0. The van der Waals surface area contributed by atoms with Gasteiger partial charge in [-0.05, 0) is 52.4 Å². The Hall–Kier alpha value is -1.06. The predicted molar refractivity (Wildman–Crippen MR) is 82.1 cm³/mol. The van der Waals surface area contributed by atoms with Crippen molar-refractivity contribution in [2.24, 2.45) is 5.92 Å². The first-order valence-electron chi connectivity index (χ1n) is 8.39. The summed E-state index contributed by atoms with van der Waals surface area (Å²) in [6.07, 6.45) is 9.39. The molecule has 0 radical (unpaired) electrons. The van der Waals surface area contributed by atoms with E-state index >= 15 is 0 Å². The molecule has 1 amide bonds. The fourth-order valence-electron chi connectivity index (χ4n) is 3.71. The van der Waals surface area contributed by atoms with Crippen LogP contribution in [0, 0.1) is 5.92 Å². The minimum Gasteiger partial charge on any atom is -0.444 e. The lowest BCUT2D eigenvalue weighted by Crippen LogP contribution is -2.51. The molecule has 0 spiro atoms. The van der Waals surface area contributed by atoms with Gasteiger partial charge in [-0.25, -0.2) is 4.79 Å². The summed E-state index contributed by atoms with van der Waals surface area (Å²) in [5.74, 6) is 0.315. The fraction of sp³-hybridized carbons (Fsp3) is 0.882. The number of ether oxygens (including phenoxy) is 1. The average Bonchev–Trinajstić information content (AvgIpc) is 3.05. The van der Waals surface area contributed by atoms with E-state index < -0.39 is 5.60 Å². The maximum Gasteiger partial charge on any atom is 0.411 e. The van der Waals surface area contributed by atoms with E-state index in [1.807, 2.05) is 20.8 Å². The standard InChI is InChI=1S/C17H29NO3/c1-17(2,3)21-16(20)18(14-10-6-7-11-14)15(12-19)13-8-4-5-9-13/h12-15H,4-11H2,1-3H3. The Morgan fingerprint density at radius 1 is 1.10 bits per heavy atom. The normalized spacial score (nSPS) is 22.2. The van der Waals surface area contributed by atoms with Crippen LogP contribution in [0.15, 0.2) is 0 Å². The van der Waals surface area contributed by atoms with E-state index in [9.17, 15) is 9.59 Å². The van der Waals surface area contributed by atoms with Gasteiger partial charge in [-0.3, -0.25) is 4.90 Å². The molecule has 2 saturated carbocycles. The van der Waals surface area contributed by atoms with Crippen molar-refractivity contribution in [3.8, 4) is 0 Å². The molecular weight excluding hydrogens is 266 g/mol. The summed E-state index contributed by atoms with van der Waals surface area (Å²) in [6.45, 7) is 5.63. The molecule has 21 heavy (non-hydrogen) atoms. The fourth-order valence-corrected chi connectivity index (χ4v) is 3.71. The van der Waals surface area contributed by atoms with Gasteiger partial charge in [0.25, 0.3) is 0 Å². The van der Waals surface area contributed by atoms with Crippen molar-refractivity contribution < 1.29 is 14.3 Å². The highest BCUT2D eigenvalue weighted by Crippen LogP contribution is 2.34. The molecule has 0 heterocycles. The number of amides is 1. The third kappa shape index (κ3) is 4.21. The number of hydrogen-bond acceptors (Lipinski definition) is 3. The van der Waals surface area contributed by atoms with Crippen LogP contribution in [0.1, 0.15) is 72.1 Å². The zero-order chi connectivity index (χ0) is 15.5. The highest BCUT2D eigenvalue weighted by molar-refractivity contribution is 5.74. The van der Waals surface area contributed by atoms with Crippen molar-refractivity contribution in [1.82, 2.24) is 4.90 Å².